The summed E-state index contributed by atoms with van der Waals surface area (Å²) < 4.78 is 0. The lowest BCUT2D eigenvalue weighted by atomic mass is 10.5. The predicted octanol–water partition coefficient (Wildman–Crippen LogP) is 1.51. The van der Waals surface area contributed by atoms with Gasteiger partial charge in [0.25, 0.3) is 0 Å². The molecular weight excluding hydrogens is 156 g/mol. The molecule has 0 fully saturated rings. The van der Waals surface area contributed by atoms with Gasteiger partial charge in [-0.1, -0.05) is 17.7 Å². The fraction of sp³-hybridized carbons (Fsp3) is 0.250. The van der Waals surface area contributed by atoms with Crippen molar-refractivity contribution in [2.45, 2.75) is 12.1 Å². The molecule has 0 unspecified atom stereocenters. The Bertz CT molecular complexity index is 278. The van der Waals surface area contributed by atoms with E-state index in [0.717, 1.165) is 10.9 Å². The van der Waals surface area contributed by atoms with Gasteiger partial charge in [-0.25, -0.2) is 9.97 Å². The number of aryl methyl sites for hydroxylation is 1. The van der Waals surface area contributed by atoms with Crippen LogP contribution in [-0.4, -0.2) is 15.7 Å². The number of nitrogens with zero attached hydrogens (tertiary/aromatic N) is 2. The van der Waals surface area contributed by atoms with Crippen LogP contribution >= 0.6 is 11.8 Å². The average Bonchev–Trinajstić information content (AvgIpc) is 2.01. The normalized spacial score (nSPS) is 9.09. The molecule has 0 N–H and O–H groups in total. The maximum Gasteiger partial charge on any atom is 0.188 e. The summed E-state index contributed by atoms with van der Waals surface area (Å²) in [6, 6.07) is 1.86. The molecule has 2 nitrogen and oxygen atoms in total. The van der Waals surface area contributed by atoms with Gasteiger partial charge in [-0.15, -0.1) is 6.42 Å². The molecule has 0 aliphatic rings. The second-order valence-electron chi connectivity index (χ2n) is 1.97. The molecule has 3 heteroatoms. The third-order valence-electron chi connectivity index (χ3n) is 1.06. The topological polar surface area (TPSA) is 25.8 Å². The van der Waals surface area contributed by atoms with Crippen LogP contribution in [0.5, 0.6) is 0 Å². The highest BCUT2D eigenvalue weighted by Crippen LogP contribution is 2.10. The van der Waals surface area contributed by atoms with Crippen LogP contribution in [0.4, 0.5) is 0 Å². The number of terminal acetylenes is 1. The summed E-state index contributed by atoms with van der Waals surface area (Å²) in [6.07, 6.45) is 6.83. The van der Waals surface area contributed by atoms with E-state index in [0.29, 0.717) is 5.75 Å². The first kappa shape index (κ1) is 8.09. The average molecular weight is 164 g/mol. The molecule has 0 bridgehead atoms. The highest BCUT2D eigenvalue weighted by atomic mass is 32.2. The molecule has 0 aromatic carbocycles. The van der Waals surface area contributed by atoms with Crippen LogP contribution in [0.3, 0.4) is 0 Å². The second-order valence-corrected chi connectivity index (χ2v) is 2.92. The van der Waals surface area contributed by atoms with Gasteiger partial charge in [-0.3, -0.25) is 0 Å². The minimum absolute atomic E-state index is 0.628. The van der Waals surface area contributed by atoms with Crippen LogP contribution in [0.15, 0.2) is 17.4 Å². The molecule has 0 amide bonds. The van der Waals surface area contributed by atoms with Gasteiger partial charge in [0.15, 0.2) is 5.16 Å². The number of hydrogen-bond acceptors (Lipinski definition) is 3. The van der Waals surface area contributed by atoms with E-state index in [4.69, 9.17) is 6.42 Å². The lowest BCUT2D eigenvalue weighted by molar-refractivity contribution is 0.934. The number of aromatic nitrogens is 2. The first-order valence-corrected chi connectivity index (χ1v) is 4.17. The molecule has 1 aromatic rings. The summed E-state index contributed by atoms with van der Waals surface area (Å²) in [5.41, 5.74) is 0.972. The number of hydrogen-bond donors (Lipinski definition) is 0. The molecule has 0 atom stereocenters. The van der Waals surface area contributed by atoms with Gasteiger partial charge in [-0.05, 0) is 13.0 Å². The molecule has 1 aromatic heterocycles. The molecule has 0 aliphatic heterocycles. The lowest BCUT2D eigenvalue weighted by Gasteiger charge is -1.95. The highest BCUT2D eigenvalue weighted by molar-refractivity contribution is 7.99. The second kappa shape index (κ2) is 3.99. The SMILES string of the molecule is C#CCSc1nccc(C)n1. The smallest absolute Gasteiger partial charge is 0.188 e. The van der Waals surface area contributed by atoms with E-state index in [9.17, 15) is 0 Å². The van der Waals surface area contributed by atoms with Gasteiger partial charge in [-0.2, -0.15) is 0 Å². The first-order chi connectivity index (χ1) is 5.33. The van der Waals surface area contributed by atoms with Gasteiger partial charge >= 0.3 is 0 Å². The zero-order valence-corrected chi connectivity index (χ0v) is 7.06. The summed E-state index contributed by atoms with van der Waals surface area (Å²) in [6.45, 7) is 1.93. The Morgan fingerprint density at radius 1 is 1.73 bits per heavy atom. The molecule has 1 rings (SSSR count). The van der Waals surface area contributed by atoms with Crippen molar-refractivity contribution in [3.8, 4) is 12.3 Å². The van der Waals surface area contributed by atoms with Crippen molar-refractivity contribution in [1.82, 2.24) is 9.97 Å². The molecule has 0 radical (unpaired) electrons. The van der Waals surface area contributed by atoms with Crippen molar-refractivity contribution in [3.63, 3.8) is 0 Å². The fourth-order valence-electron chi connectivity index (χ4n) is 0.602. The van der Waals surface area contributed by atoms with Crippen molar-refractivity contribution < 1.29 is 0 Å². The molecule has 0 spiro atoms. The maximum absolute atomic E-state index is 5.09. The Morgan fingerprint density at radius 2 is 2.55 bits per heavy atom. The molecular formula is C8H8N2S. The van der Waals surface area contributed by atoms with Crippen molar-refractivity contribution in [3.05, 3.63) is 18.0 Å². The number of thioether (sulfide) groups is 1. The third kappa shape index (κ3) is 2.60. The van der Waals surface area contributed by atoms with E-state index >= 15 is 0 Å². The minimum atomic E-state index is 0.628. The Labute approximate surface area is 70.5 Å². The predicted molar refractivity (Wildman–Crippen MR) is 46.3 cm³/mol. The lowest BCUT2D eigenvalue weighted by Crippen LogP contribution is -1.88. The monoisotopic (exact) mass is 164 g/mol. The molecule has 0 saturated carbocycles. The van der Waals surface area contributed by atoms with Crippen molar-refractivity contribution in [1.29, 1.82) is 0 Å². The summed E-state index contributed by atoms with van der Waals surface area (Å²) in [7, 11) is 0. The van der Waals surface area contributed by atoms with Gasteiger partial charge < -0.3 is 0 Å². The van der Waals surface area contributed by atoms with Crippen LogP contribution in [0.25, 0.3) is 0 Å². The zero-order valence-electron chi connectivity index (χ0n) is 6.24. The Morgan fingerprint density at radius 3 is 3.18 bits per heavy atom. The van der Waals surface area contributed by atoms with E-state index in [2.05, 4.69) is 15.9 Å². The summed E-state index contributed by atoms with van der Waals surface area (Å²) in [4.78, 5) is 8.20. The van der Waals surface area contributed by atoms with Crippen LogP contribution in [0, 0.1) is 19.3 Å². The fourth-order valence-corrected chi connectivity index (χ4v) is 1.16. The largest absolute Gasteiger partial charge is 0.231 e. The molecule has 56 valence electrons. The van der Waals surface area contributed by atoms with E-state index in [-0.39, 0.29) is 0 Å². The van der Waals surface area contributed by atoms with Crippen LogP contribution in [-0.2, 0) is 0 Å². The van der Waals surface area contributed by atoms with Crippen LogP contribution in [0.1, 0.15) is 5.69 Å². The third-order valence-corrected chi connectivity index (χ3v) is 1.82. The van der Waals surface area contributed by atoms with E-state index in [1.807, 2.05) is 13.0 Å². The van der Waals surface area contributed by atoms with Crippen LogP contribution in [0.2, 0.25) is 0 Å². The summed E-state index contributed by atoms with van der Waals surface area (Å²) >= 11 is 1.48. The van der Waals surface area contributed by atoms with E-state index < -0.39 is 0 Å². The van der Waals surface area contributed by atoms with Gasteiger partial charge in [0.05, 0.1) is 5.75 Å². The maximum atomic E-state index is 5.09. The molecule has 0 aliphatic carbocycles. The minimum Gasteiger partial charge on any atom is -0.231 e. The molecule has 1 heterocycles. The Kier molecular flexibility index (Phi) is 2.94. The standard InChI is InChI=1S/C8H8N2S/c1-3-6-11-8-9-5-4-7(2)10-8/h1,4-5H,6H2,2H3. The van der Waals surface area contributed by atoms with Gasteiger partial charge in [0, 0.05) is 11.9 Å². The van der Waals surface area contributed by atoms with Crippen molar-refractivity contribution in [2.24, 2.45) is 0 Å². The van der Waals surface area contributed by atoms with Crippen LogP contribution < -0.4 is 0 Å². The van der Waals surface area contributed by atoms with Gasteiger partial charge in [0.1, 0.15) is 0 Å². The van der Waals surface area contributed by atoms with Crippen molar-refractivity contribution in [2.75, 3.05) is 5.75 Å². The Balaban J connectivity index is 2.65. The Hall–Kier alpha value is -1.01. The van der Waals surface area contributed by atoms with E-state index in [1.165, 1.54) is 11.8 Å². The van der Waals surface area contributed by atoms with Gasteiger partial charge in [0.2, 0.25) is 0 Å². The van der Waals surface area contributed by atoms with E-state index in [1.54, 1.807) is 6.20 Å². The summed E-state index contributed by atoms with van der Waals surface area (Å²) in [5.74, 6) is 3.15. The summed E-state index contributed by atoms with van der Waals surface area (Å²) in [5, 5.41) is 0.753. The molecule has 0 saturated heterocycles. The van der Waals surface area contributed by atoms with Crippen molar-refractivity contribution >= 4 is 11.8 Å². The first-order valence-electron chi connectivity index (χ1n) is 3.19. The molecule has 11 heavy (non-hydrogen) atoms. The highest BCUT2D eigenvalue weighted by Gasteiger charge is 1.93. The number of rotatable bonds is 2. The zero-order chi connectivity index (χ0) is 8.10. The quantitative estimate of drug-likeness (QED) is 0.376.